The molecule has 0 saturated carbocycles. The lowest BCUT2D eigenvalue weighted by molar-refractivity contribution is 0.824. The van der Waals surface area contributed by atoms with E-state index in [9.17, 15) is 5.26 Å². The fourth-order valence-electron chi connectivity index (χ4n) is 2.23. The Labute approximate surface area is 139 Å². The van der Waals surface area contributed by atoms with E-state index in [2.05, 4.69) is 28.3 Å². The highest BCUT2D eigenvalue weighted by Gasteiger charge is 2.13. The van der Waals surface area contributed by atoms with Crippen LogP contribution in [0.3, 0.4) is 0 Å². The Morgan fingerprint density at radius 1 is 1.04 bits per heavy atom. The molecule has 0 aliphatic rings. The van der Waals surface area contributed by atoms with Gasteiger partial charge in [-0.1, -0.05) is 60.3 Å². The summed E-state index contributed by atoms with van der Waals surface area (Å²) >= 11 is 1.42. The maximum absolute atomic E-state index is 9.36. The third-order valence-corrected chi connectivity index (χ3v) is 4.44. The van der Waals surface area contributed by atoms with Crippen LogP contribution in [0.25, 0.3) is 5.69 Å². The van der Waals surface area contributed by atoms with Crippen LogP contribution in [-0.4, -0.2) is 20.0 Å². The van der Waals surface area contributed by atoms with Gasteiger partial charge in [-0.3, -0.25) is 0 Å². The van der Waals surface area contributed by atoms with E-state index < -0.39 is 0 Å². The van der Waals surface area contributed by atoms with E-state index in [1.807, 2.05) is 48.5 Å². The van der Waals surface area contributed by atoms with Crippen LogP contribution < -0.4 is 0 Å². The first-order valence-corrected chi connectivity index (χ1v) is 8.30. The van der Waals surface area contributed by atoms with Crippen molar-refractivity contribution in [3.05, 3.63) is 72.6 Å². The molecule has 0 amide bonds. The van der Waals surface area contributed by atoms with Crippen LogP contribution >= 0.6 is 11.8 Å². The number of hydrogen-bond donors (Lipinski definition) is 0. The molecule has 0 bridgehead atoms. The first kappa shape index (κ1) is 15.3. The Bertz CT molecular complexity index is 778. The Morgan fingerprint density at radius 3 is 2.43 bits per heavy atom. The summed E-state index contributed by atoms with van der Waals surface area (Å²) in [7, 11) is 0. The molecule has 1 aromatic heterocycles. The van der Waals surface area contributed by atoms with Gasteiger partial charge >= 0.3 is 0 Å². The molecule has 3 rings (SSSR count). The highest BCUT2D eigenvalue weighted by molar-refractivity contribution is 8.00. The van der Waals surface area contributed by atoms with Crippen LogP contribution in [0.4, 0.5) is 0 Å². The number of benzene rings is 2. The molecular formula is C18H16N4S. The largest absolute Gasteiger partial charge is 0.220 e. The van der Waals surface area contributed by atoms with Crippen molar-refractivity contribution in [1.29, 1.82) is 5.26 Å². The van der Waals surface area contributed by atoms with Crippen LogP contribution in [0.2, 0.25) is 0 Å². The molecule has 0 spiro atoms. The predicted molar refractivity (Wildman–Crippen MR) is 91.4 cm³/mol. The topological polar surface area (TPSA) is 54.5 Å². The van der Waals surface area contributed by atoms with E-state index in [4.69, 9.17) is 0 Å². The van der Waals surface area contributed by atoms with Gasteiger partial charge in [-0.05, 0) is 30.5 Å². The molecule has 1 unspecified atom stereocenters. The lowest BCUT2D eigenvalue weighted by Crippen LogP contribution is -2.02. The van der Waals surface area contributed by atoms with Crippen molar-refractivity contribution >= 4 is 11.8 Å². The van der Waals surface area contributed by atoms with Crippen LogP contribution in [0.1, 0.15) is 12.0 Å². The minimum atomic E-state index is -0.151. The molecular weight excluding hydrogens is 304 g/mol. The van der Waals surface area contributed by atoms with Crippen LogP contribution in [0.5, 0.6) is 0 Å². The summed E-state index contributed by atoms with van der Waals surface area (Å²) in [4.78, 5) is 4.30. The minimum absolute atomic E-state index is 0.151. The number of rotatable bonds is 6. The van der Waals surface area contributed by atoms with Gasteiger partial charge in [0.1, 0.15) is 6.33 Å². The normalized spacial score (nSPS) is 11.8. The fourth-order valence-corrected chi connectivity index (χ4v) is 3.01. The average molecular weight is 320 g/mol. The van der Waals surface area contributed by atoms with E-state index in [0.29, 0.717) is 5.16 Å². The van der Waals surface area contributed by atoms with Crippen LogP contribution in [0.15, 0.2) is 72.1 Å². The smallest absolute Gasteiger partial charge is 0.210 e. The zero-order valence-corrected chi connectivity index (χ0v) is 13.4. The van der Waals surface area contributed by atoms with Crippen LogP contribution in [-0.2, 0) is 6.42 Å². The summed E-state index contributed by atoms with van der Waals surface area (Å²) in [5.41, 5.74) is 2.21. The molecule has 0 N–H and O–H groups in total. The number of para-hydroxylation sites is 1. The average Bonchev–Trinajstić information content (AvgIpc) is 3.09. The third-order valence-electron chi connectivity index (χ3n) is 3.42. The van der Waals surface area contributed by atoms with Crippen molar-refractivity contribution in [3.8, 4) is 11.8 Å². The second-order valence-corrected chi connectivity index (χ2v) is 6.24. The quantitative estimate of drug-likeness (QED) is 0.647. The molecule has 2 aromatic carbocycles. The van der Waals surface area contributed by atoms with Gasteiger partial charge in [0.05, 0.1) is 17.0 Å². The summed E-state index contributed by atoms with van der Waals surface area (Å²) in [6, 6.07) is 22.4. The predicted octanol–water partition coefficient (Wildman–Crippen LogP) is 3.88. The summed E-state index contributed by atoms with van der Waals surface area (Å²) in [5.74, 6) is 0. The number of nitrogens with zero attached hydrogens (tertiary/aromatic N) is 4. The lowest BCUT2D eigenvalue weighted by atomic mass is 10.1. The molecule has 114 valence electrons. The number of thioether (sulfide) groups is 1. The van der Waals surface area contributed by atoms with Gasteiger partial charge in [-0.15, -0.1) is 5.10 Å². The van der Waals surface area contributed by atoms with Gasteiger partial charge in [-0.25, -0.2) is 9.67 Å². The highest BCUT2D eigenvalue weighted by atomic mass is 32.2. The molecule has 0 fully saturated rings. The van der Waals surface area contributed by atoms with Gasteiger partial charge in [0.2, 0.25) is 5.16 Å². The molecule has 0 radical (unpaired) electrons. The van der Waals surface area contributed by atoms with Crippen molar-refractivity contribution in [2.45, 2.75) is 23.2 Å². The van der Waals surface area contributed by atoms with E-state index >= 15 is 0 Å². The number of hydrogen-bond acceptors (Lipinski definition) is 4. The zero-order valence-electron chi connectivity index (χ0n) is 12.5. The van der Waals surface area contributed by atoms with Crippen molar-refractivity contribution in [2.75, 3.05) is 0 Å². The van der Waals surface area contributed by atoms with Crippen molar-refractivity contribution in [3.63, 3.8) is 0 Å². The van der Waals surface area contributed by atoms with E-state index in [1.54, 1.807) is 11.0 Å². The Morgan fingerprint density at radius 2 is 1.74 bits per heavy atom. The van der Waals surface area contributed by atoms with Crippen molar-refractivity contribution < 1.29 is 0 Å². The van der Waals surface area contributed by atoms with E-state index in [0.717, 1.165) is 18.5 Å². The summed E-state index contributed by atoms with van der Waals surface area (Å²) in [6.07, 6.45) is 3.35. The molecule has 23 heavy (non-hydrogen) atoms. The summed E-state index contributed by atoms with van der Waals surface area (Å²) in [6.45, 7) is 0. The van der Waals surface area contributed by atoms with Gasteiger partial charge in [-0.2, -0.15) is 5.26 Å². The molecule has 5 heteroatoms. The first-order valence-electron chi connectivity index (χ1n) is 7.42. The maximum atomic E-state index is 9.36. The second kappa shape index (κ2) is 7.61. The molecule has 0 aliphatic heterocycles. The van der Waals surface area contributed by atoms with Gasteiger partial charge in [0.15, 0.2) is 0 Å². The first-order chi connectivity index (χ1) is 11.3. The highest BCUT2D eigenvalue weighted by Crippen LogP contribution is 2.23. The van der Waals surface area contributed by atoms with Crippen LogP contribution in [0, 0.1) is 11.3 Å². The molecule has 1 heterocycles. The monoisotopic (exact) mass is 320 g/mol. The fraction of sp³-hybridized carbons (Fsp3) is 0.167. The molecule has 4 nitrogen and oxygen atoms in total. The molecule has 3 aromatic rings. The number of aryl methyl sites for hydroxylation is 1. The Balaban J connectivity index is 1.61. The zero-order chi connectivity index (χ0) is 15.9. The lowest BCUT2D eigenvalue weighted by Gasteiger charge is -2.06. The molecule has 0 saturated heterocycles. The van der Waals surface area contributed by atoms with Crippen molar-refractivity contribution in [2.24, 2.45) is 0 Å². The van der Waals surface area contributed by atoms with E-state index in [-0.39, 0.29) is 5.25 Å². The van der Waals surface area contributed by atoms with E-state index in [1.165, 1.54) is 17.3 Å². The SMILES string of the molecule is N#CC(CCc1ccccc1)Sc1ncn(-c2ccccc2)n1. The molecule has 0 aliphatic carbocycles. The van der Waals surface area contributed by atoms with Gasteiger partial charge in [0, 0.05) is 0 Å². The summed E-state index contributed by atoms with van der Waals surface area (Å²) < 4.78 is 1.73. The minimum Gasteiger partial charge on any atom is -0.220 e. The molecule has 1 atom stereocenters. The second-order valence-electron chi connectivity index (χ2n) is 5.07. The number of nitriles is 1. The van der Waals surface area contributed by atoms with Gasteiger partial charge in [0.25, 0.3) is 0 Å². The maximum Gasteiger partial charge on any atom is 0.210 e. The standard InChI is InChI=1S/C18H16N4S/c19-13-17(12-11-15-7-3-1-4-8-15)23-18-20-14-22(21-18)16-9-5-2-6-10-16/h1-10,14,17H,11-12H2. The van der Waals surface area contributed by atoms with Crippen molar-refractivity contribution in [1.82, 2.24) is 14.8 Å². The Hall–Kier alpha value is -2.58. The number of aromatic nitrogens is 3. The third kappa shape index (κ3) is 4.21. The summed E-state index contributed by atoms with van der Waals surface area (Å²) in [5, 5.41) is 14.3. The Kier molecular flexibility index (Phi) is 5.07. The van der Waals surface area contributed by atoms with Gasteiger partial charge < -0.3 is 0 Å².